The van der Waals surface area contributed by atoms with Crippen LogP contribution in [0.1, 0.15) is 24.1 Å². The highest BCUT2D eigenvalue weighted by atomic mass is 32.1. The lowest BCUT2D eigenvalue weighted by Gasteiger charge is -2.29. The van der Waals surface area contributed by atoms with Crippen molar-refractivity contribution < 1.29 is 14.6 Å². The van der Waals surface area contributed by atoms with Crippen LogP contribution in [0.5, 0.6) is 5.75 Å². The normalized spacial score (nSPS) is 23.2. The van der Waals surface area contributed by atoms with Gasteiger partial charge in [0.25, 0.3) is 0 Å². The number of nitrogens with zero attached hydrogens (tertiary/aromatic N) is 1. The van der Waals surface area contributed by atoms with Crippen LogP contribution < -0.4 is 15.8 Å². The monoisotopic (exact) mass is 361 g/mol. The van der Waals surface area contributed by atoms with Gasteiger partial charge in [-0.2, -0.15) is 0 Å². The summed E-state index contributed by atoms with van der Waals surface area (Å²) >= 11 is 1.55. The molecule has 0 saturated heterocycles. The number of aromatic nitrogens is 1. The topological polar surface area (TPSA) is 97.5 Å². The van der Waals surface area contributed by atoms with Gasteiger partial charge in [-0.25, -0.2) is 4.98 Å². The van der Waals surface area contributed by atoms with Crippen molar-refractivity contribution in [1.29, 1.82) is 0 Å². The Bertz CT molecular complexity index is 734. The van der Waals surface area contributed by atoms with Crippen molar-refractivity contribution in [2.75, 3.05) is 7.11 Å². The molecule has 6 nitrogen and oxygen atoms in total. The number of ether oxygens (including phenoxy) is 1. The highest BCUT2D eigenvalue weighted by Crippen LogP contribution is 2.28. The van der Waals surface area contributed by atoms with E-state index in [1.54, 1.807) is 24.6 Å². The van der Waals surface area contributed by atoms with E-state index in [2.05, 4.69) is 10.3 Å². The molecular weight excluding hydrogens is 338 g/mol. The first-order valence-corrected chi connectivity index (χ1v) is 9.19. The number of rotatable bonds is 5. The number of carbonyl (C=O) groups excluding carboxylic acids is 1. The molecule has 1 saturated carbocycles. The SMILES string of the molecule is COc1cccc(-c2ncc(CNC(=O)[C@H]3CC[C@@H](O)[C@H](N)C3)s2)c1. The summed E-state index contributed by atoms with van der Waals surface area (Å²) in [6.07, 6.45) is 3.09. The zero-order valence-corrected chi connectivity index (χ0v) is 15.0. The standard InChI is InChI=1S/C18H23N3O3S/c1-24-13-4-2-3-12(7-13)18-21-10-14(25-18)9-20-17(23)11-5-6-16(22)15(19)8-11/h2-4,7,10-11,15-16,22H,5-6,8-9,19H2,1H3,(H,20,23)/t11-,15+,16+/m0/s1. The van der Waals surface area contributed by atoms with E-state index < -0.39 is 6.10 Å². The molecule has 1 fully saturated rings. The number of carbonyl (C=O) groups is 1. The second-order valence-corrected chi connectivity index (χ2v) is 7.44. The van der Waals surface area contributed by atoms with Crippen LogP contribution in [0, 0.1) is 5.92 Å². The first kappa shape index (κ1) is 17.8. The summed E-state index contributed by atoms with van der Waals surface area (Å²) in [4.78, 5) is 17.7. The maximum Gasteiger partial charge on any atom is 0.223 e. The molecule has 0 radical (unpaired) electrons. The van der Waals surface area contributed by atoms with Gasteiger partial charge in [0.05, 0.1) is 19.8 Å². The van der Waals surface area contributed by atoms with Gasteiger partial charge in [0, 0.05) is 28.6 Å². The summed E-state index contributed by atoms with van der Waals surface area (Å²) in [5.74, 6) is 0.668. The number of aliphatic hydroxyl groups is 1. The number of nitrogens with one attached hydrogen (secondary N) is 1. The van der Waals surface area contributed by atoms with Gasteiger partial charge < -0.3 is 20.9 Å². The predicted molar refractivity (Wildman–Crippen MR) is 97.3 cm³/mol. The molecule has 1 aromatic heterocycles. The lowest BCUT2D eigenvalue weighted by molar-refractivity contribution is -0.127. The molecule has 0 aliphatic heterocycles. The number of methoxy groups -OCH3 is 1. The van der Waals surface area contributed by atoms with Crippen LogP contribution in [-0.4, -0.2) is 35.3 Å². The summed E-state index contributed by atoms with van der Waals surface area (Å²) in [5, 5.41) is 13.5. The van der Waals surface area contributed by atoms with E-state index in [9.17, 15) is 9.90 Å². The second-order valence-electron chi connectivity index (χ2n) is 6.32. The molecule has 3 rings (SSSR count). The maximum absolute atomic E-state index is 12.3. The third-order valence-electron chi connectivity index (χ3n) is 4.54. The van der Waals surface area contributed by atoms with Gasteiger partial charge in [-0.3, -0.25) is 4.79 Å². The van der Waals surface area contributed by atoms with Gasteiger partial charge in [0.15, 0.2) is 0 Å². The molecule has 1 amide bonds. The van der Waals surface area contributed by atoms with Gasteiger partial charge in [-0.05, 0) is 31.4 Å². The second kappa shape index (κ2) is 7.95. The molecule has 25 heavy (non-hydrogen) atoms. The van der Waals surface area contributed by atoms with Gasteiger partial charge >= 0.3 is 0 Å². The number of hydrogen-bond acceptors (Lipinski definition) is 6. The maximum atomic E-state index is 12.3. The predicted octanol–water partition coefficient (Wildman–Crippen LogP) is 1.92. The number of nitrogens with two attached hydrogens (primary N) is 1. The number of benzene rings is 1. The van der Waals surface area contributed by atoms with Crippen molar-refractivity contribution >= 4 is 17.2 Å². The summed E-state index contributed by atoms with van der Waals surface area (Å²) in [7, 11) is 1.64. The number of hydrogen-bond donors (Lipinski definition) is 3. The molecule has 134 valence electrons. The Balaban J connectivity index is 1.57. The molecule has 1 aliphatic rings. The molecule has 3 atom stereocenters. The highest BCUT2D eigenvalue weighted by molar-refractivity contribution is 7.15. The minimum atomic E-state index is -0.490. The molecule has 4 N–H and O–H groups in total. The third-order valence-corrected chi connectivity index (χ3v) is 5.59. The van der Waals surface area contributed by atoms with E-state index in [1.165, 1.54) is 0 Å². The van der Waals surface area contributed by atoms with E-state index in [1.807, 2.05) is 24.3 Å². The molecular formula is C18H23N3O3S. The van der Waals surface area contributed by atoms with Crippen LogP contribution in [0.3, 0.4) is 0 Å². The van der Waals surface area contributed by atoms with Crippen LogP contribution in [0.2, 0.25) is 0 Å². The molecule has 0 spiro atoms. The Labute approximate surface area is 151 Å². The van der Waals surface area contributed by atoms with Crippen LogP contribution >= 0.6 is 11.3 Å². The van der Waals surface area contributed by atoms with E-state index in [-0.39, 0.29) is 17.9 Å². The summed E-state index contributed by atoms with van der Waals surface area (Å²) in [6.45, 7) is 0.453. The third kappa shape index (κ3) is 4.36. The van der Waals surface area contributed by atoms with Gasteiger partial charge in [0.1, 0.15) is 10.8 Å². The average Bonchev–Trinajstić information content (AvgIpc) is 3.11. The fraction of sp³-hybridized carbons (Fsp3) is 0.444. The van der Waals surface area contributed by atoms with Crippen molar-refractivity contribution in [2.45, 2.75) is 38.0 Å². The minimum absolute atomic E-state index is 0.00122. The average molecular weight is 361 g/mol. The molecule has 2 aromatic rings. The fourth-order valence-corrected chi connectivity index (χ4v) is 3.87. The van der Waals surface area contributed by atoms with Gasteiger partial charge in [-0.1, -0.05) is 12.1 Å². The first-order chi connectivity index (χ1) is 12.1. The molecule has 1 aromatic carbocycles. The van der Waals surface area contributed by atoms with Crippen LogP contribution in [-0.2, 0) is 11.3 Å². The fourth-order valence-electron chi connectivity index (χ4n) is 3.02. The Kier molecular flexibility index (Phi) is 5.67. The van der Waals surface area contributed by atoms with E-state index in [0.717, 1.165) is 21.2 Å². The molecule has 0 unspecified atom stereocenters. The van der Waals surface area contributed by atoms with Crippen LogP contribution in [0.15, 0.2) is 30.5 Å². The quantitative estimate of drug-likeness (QED) is 0.756. The highest BCUT2D eigenvalue weighted by Gasteiger charge is 2.30. The number of aliphatic hydroxyl groups excluding tert-OH is 1. The Morgan fingerprint density at radius 2 is 2.32 bits per heavy atom. The smallest absolute Gasteiger partial charge is 0.223 e. The van der Waals surface area contributed by atoms with Crippen molar-refractivity contribution in [3.05, 3.63) is 35.3 Å². The lowest BCUT2D eigenvalue weighted by atomic mass is 9.84. The zero-order chi connectivity index (χ0) is 17.8. The Hall–Kier alpha value is -1.96. The largest absolute Gasteiger partial charge is 0.497 e. The van der Waals surface area contributed by atoms with Gasteiger partial charge in [0.2, 0.25) is 5.91 Å². The lowest BCUT2D eigenvalue weighted by Crippen LogP contribution is -2.44. The van der Waals surface area contributed by atoms with Crippen molar-refractivity contribution in [2.24, 2.45) is 11.7 Å². The zero-order valence-electron chi connectivity index (χ0n) is 14.1. The minimum Gasteiger partial charge on any atom is -0.497 e. The molecule has 1 aliphatic carbocycles. The molecule has 0 bridgehead atoms. The molecule has 7 heteroatoms. The van der Waals surface area contributed by atoms with E-state index in [0.29, 0.717) is 25.8 Å². The first-order valence-electron chi connectivity index (χ1n) is 8.37. The Morgan fingerprint density at radius 1 is 1.48 bits per heavy atom. The number of amides is 1. The van der Waals surface area contributed by atoms with E-state index >= 15 is 0 Å². The molecule has 1 heterocycles. The van der Waals surface area contributed by atoms with Crippen LogP contribution in [0.25, 0.3) is 10.6 Å². The summed E-state index contributed by atoms with van der Waals surface area (Å²) < 4.78 is 5.24. The summed E-state index contributed by atoms with van der Waals surface area (Å²) in [6, 6.07) is 7.43. The Morgan fingerprint density at radius 3 is 3.08 bits per heavy atom. The van der Waals surface area contributed by atoms with Gasteiger partial charge in [-0.15, -0.1) is 11.3 Å². The summed E-state index contributed by atoms with van der Waals surface area (Å²) in [5.41, 5.74) is 6.85. The van der Waals surface area contributed by atoms with Crippen molar-refractivity contribution in [3.8, 4) is 16.3 Å². The van der Waals surface area contributed by atoms with Crippen molar-refractivity contribution in [1.82, 2.24) is 10.3 Å². The van der Waals surface area contributed by atoms with E-state index in [4.69, 9.17) is 10.5 Å². The van der Waals surface area contributed by atoms with Crippen LogP contribution in [0.4, 0.5) is 0 Å². The number of thiazole rings is 1. The van der Waals surface area contributed by atoms with Crippen molar-refractivity contribution in [3.63, 3.8) is 0 Å².